The molecule has 1 aliphatic heterocycles. The summed E-state index contributed by atoms with van der Waals surface area (Å²) in [5.41, 5.74) is 8.27. The Labute approximate surface area is 272 Å². The molecule has 1 atom stereocenters. The summed E-state index contributed by atoms with van der Waals surface area (Å²) in [7, 11) is 0. The molecular formula is C36H38F2N4O5. The van der Waals surface area contributed by atoms with Gasteiger partial charge in [-0.05, 0) is 34.7 Å². The minimum atomic E-state index is -3.33. The van der Waals surface area contributed by atoms with Gasteiger partial charge in [0.05, 0.1) is 6.54 Å². The van der Waals surface area contributed by atoms with Crippen LogP contribution in [0.2, 0.25) is 0 Å². The van der Waals surface area contributed by atoms with Crippen LogP contribution in [0.1, 0.15) is 54.2 Å². The number of carbonyl (C=O) groups is 2. The Bertz CT molecular complexity index is 1700. The number of ether oxygens (including phenoxy) is 3. The second-order valence-electron chi connectivity index (χ2n) is 12.5. The molecule has 0 bridgehead atoms. The minimum Gasteiger partial charge on any atom is -0.473 e. The van der Waals surface area contributed by atoms with Crippen LogP contribution in [0.4, 0.5) is 25.0 Å². The van der Waals surface area contributed by atoms with E-state index in [4.69, 9.17) is 15.2 Å². The number of rotatable bonds is 13. The highest BCUT2D eigenvalue weighted by molar-refractivity contribution is 6.11. The smallest absolute Gasteiger partial charge is 0.404 e. The van der Waals surface area contributed by atoms with Gasteiger partial charge in [-0.2, -0.15) is 4.98 Å². The Hall–Kier alpha value is -5.19. The van der Waals surface area contributed by atoms with Gasteiger partial charge in [-0.25, -0.2) is 13.6 Å². The first-order chi connectivity index (χ1) is 22.4. The number of halogens is 2. The lowest BCUT2D eigenvalue weighted by molar-refractivity contribution is -0.0681. The summed E-state index contributed by atoms with van der Waals surface area (Å²) >= 11 is 0. The third-order valence-electron chi connectivity index (χ3n) is 7.82. The molecule has 9 nitrogen and oxygen atoms in total. The molecule has 5 rings (SSSR count). The average Bonchev–Trinajstić information content (AvgIpc) is 3.38. The number of hydrogen-bond donors (Lipinski definition) is 2. The third kappa shape index (κ3) is 8.55. The van der Waals surface area contributed by atoms with Crippen molar-refractivity contribution in [1.82, 2.24) is 4.98 Å². The lowest BCUT2D eigenvalue weighted by atomic mass is 9.83. The molecule has 0 radical (unpaired) electrons. The van der Waals surface area contributed by atoms with Gasteiger partial charge in [-0.1, -0.05) is 87.5 Å². The van der Waals surface area contributed by atoms with Crippen molar-refractivity contribution in [3.8, 4) is 11.8 Å². The maximum Gasteiger partial charge on any atom is 0.404 e. The van der Waals surface area contributed by atoms with E-state index in [0.717, 1.165) is 11.1 Å². The van der Waals surface area contributed by atoms with E-state index in [1.54, 1.807) is 35.2 Å². The predicted octanol–water partition coefficient (Wildman–Crippen LogP) is 7.35. The molecule has 3 N–H and O–H groups in total. The molecule has 1 aromatic heterocycles. The maximum atomic E-state index is 14.8. The summed E-state index contributed by atoms with van der Waals surface area (Å²) in [6, 6.07) is 27.1. The normalized spacial score (nSPS) is 13.6. The van der Waals surface area contributed by atoms with Gasteiger partial charge in [-0.3, -0.25) is 9.69 Å². The zero-order chi connectivity index (χ0) is 33.6. The van der Waals surface area contributed by atoms with Crippen molar-refractivity contribution in [2.45, 2.75) is 58.9 Å². The number of nitrogens with two attached hydrogens (primary N) is 1. The van der Waals surface area contributed by atoms with E-state index in [-0.39, 0.29) is 24.9 Å². The van der Waals surface area contributed by atoms with Crippen molar-refractivity contribution in [3.05, 3.63) is 113 Å². The molecule has 0 saturated heterocycles. The molecule has 1 aliphatic rings. The fourth-order valence-electron chi connectivity index (χ4n) is 5.22. The Kier molecular flexibility index (Phi) is 9.93. The fourth-order valence-corrected chi connectivity index (χ4v) is 5.22. The first-order valence-electron chi connectivity index (χ1n) is 15.2. The number of anilines is 2. The quantitative estimate of drug-likeness (QED) is 0.156. The predicted molar refractivity (Wildman–Crippen MR) is 175 cm³/mol. The van der Waals surface area contributed by atoms with Crippen molar-refractivity contribution >= 4 is 23.4 Å². The highest BCUT2D eigenvalue weighted by atomic mass is 19.3. The lowest BCUT2D eigenvalue weighted by Crippen LogP contribution is -2.41. The van der Waals surface area contributed by atoms with Crippen LogP contribution in [0, 0.1) is 5.41 Å². The molecule has 2 heterocycles. The van der Waals surface area contributed by atoms with E-state index in [0.29, 0.717) is 35.0 Å². The monoisotopic (exact) mass is 644 g/mol. The zero-order valence-corrected chi connectivity index (χ0v) is 26.5. The first-order valence-corrected chi connectivity index (χ1v) is 15.2. The Balaban J connectivity index is 1.41. The Morgan fingerprint density at radius 3 is 2.17 bits per heavy atom. The van der Waals surface area contributed by atoms with E-state index < -0.39 is 36.5 Å². The van der Waals surface area contributed by atoms with Crippen LogP contribution < -0.4 is 25.4 Å². The summed E-state index contributed by atoms with van der Waals surface area (Å²) in [6.07, 6.45) is -1.89. The van der Waals surface area contributed by atoms with Gasteiger partial charge >= 0.3 is 6.09 Å². The van der Waals surface area contributed by atoms with Gasteiger partial charge in [0.1, 0.15) is 18.9 Å². The zero-order valence-electron chi connectivity index (χ0n) is 26.5. The molecule has 0 saturated carbocycles. The Morgan fingerprint density at radius 1 is 0.915 bits per heavy atom. The van der Waals surface area contributed by atoms with Crippen molar-refractivity contribution in [3.63, 3.8) is 0 Å². The number of fused-ring (bicyclic) bond motifs is 1. The highest BCUT2D eigenvalue weighted by Crippen LogP contribution is 2.40. The number of carbonyl (C=O) groups excluding carboxylic acids is 2. The molecule has 4 aromatic rings. The molecule has 11 heteroatoms. The summed E-state index contributed by atoms with van der Waals surface area (Å²) in [5, 5.41) is 3.26. The summed E-state index contributed by atoms with van der Waals surface area (Å²) in [6.45, 7) is 5.05. The van der Waals surface area contributed by atoms with E-state index in [1.807, 2.05) is 81.4 Å². The van der Waals surface area contributed by atoms with Crippen molar-refractivity contribution in [2.24, 2.45) is 11.1 Å². The number of aromatic nitrogens is 1. The van der Waals surface area contributed by atoms with Crippen LogP contribution in [-0.2, 0) is 24.5 Å². The summed E-state index contributed by atoms with van der Waals surface area (Å²) in [5.74, 6) is -3.06. The van der Waals surface area contributed by atoms with E-state index in [1.165, 1.54) is 0 Å². The van der Waals surface area contributed by atoms with E-state index >= 15 is 0 Å². The molecule has 0 fully saturated rings. The van der Waals surface area contributed by atoms with Crippen molar-refractivity contribution in [1.29, 1.82) is 0 Å². The average molecular weight is 645 g/mol. The van der Waals surface area contributed by atoms with E-state index in [9.17, 15) is 18.4 Å². The maximum absolute atomic E-state index is 14.8. The number of benzene rings is 3. The number of amides is 2. The topological polar surface area (TPSA) is 116 Å². The van der Waals surface area contributed by atoms with Crippen LogP contribution in [0.5, 0.6) is 11.8 Å². The standard InChI is InChI=1S/C36H38F2N4O5/c1-35(2,3)30(19-36(37,38)23-47-34(39)44)40-28-16-10-15-26-27(28)20-42(33(26)43)29-17-18-31(45-21-24-11-6-4-7-12-24)41-32(29)46-22-25-13-8-5-9-14-25/h4-18,30,40H,19-23H2,1-3H3,(H2,39,44). The molecule has 3 aromatic carbocycles. The van der Waals surface area contributed by atoms with Crippen molar-refractivity contribution in [2.75, 3.05) is 16.8 Å². The number of alkyl halides is 2. The SMILES string of the molecule is CC(C)(C)C(CC(F)(F)COC(N)=O)Nc1cccc2c1CN(c1ccc(OCc3ccccc3)nc1OCc1ccccc1)C2=O. The fraction of sp³-hybridized carbons (Fsp3) is 0.306. The summed E-state index contributed by atoms with van der Waals surface area (Å²) < 4.78 is 46.2. The molecule has 0 aliphatic carbocycles. The second kappa shape index (κ2) is 14.1. The Morgan fingerprint density at radius 2 is 1.55 bits per heavy atom. The van der Waals surface area contributed by atoms with Crippen LogP contribution in [0.15, 0.2) is 91.0 Å². The van der Waals surface area contributed by atoms with Gasteiger partial charge in [0.25, 0.3) is 11.8 Å². The van der Waals surface area contributed by atoms with Gasteiger partial charge in [0, 0.05) is 35.3 Å². The van der Waals surface area contributed by atoms with Crippen LogP contribution in [0.3, 0.4) is 0 Å². The molecule has 246 valence electrons. The lowest BCUT2D eigenvalue weighted by Gasteiger charge is -2.35. The molecule has 2 amide bonds. The molecular weight excluding hydrogens is 606 g/mol. The van der Waals surface area contributed by atoms with Crippen molar-refractivity contribution < 1.29 is 32.6 Å². The molecule has 1 unspecified atom stereocenters. The molecule has 0 spiro atoms. The number of nitrogens with zero attached hydrogens (tertiary/aromatic N) is 2. The van der Waals surface area contributed by atoms with Gasteiger partial charge in [-0.15, -0.1) is 0 Å². The van der Waals surface area contributed by atoms with Gasteiger partial charge < -0.3 is 25.3 Å². The van der Waals surface area contributed by atoms with Gasteiger partial charge in [0.15, 0.2) is 6.61 Å². The number of nitrogens with one attached hydrogen (secondary N) is 1. The van der Waals surface area contributed by atoms with Crippen LogP contribution >= 0.6 is 0 Å². The van der Waals surface area contributed by atoms with Gasteiger partial charge in [0.2, 0.25) is 11.8 Å². The molecule has 47 heavy (non-hydrogen) atoms. The number of primary amides is 1. The van der Waals surface area contributed by atoms with Crippen LogP contribution in [-0.4, -0.2) is 35.6 Å². The third-order valence-corrected chi connectivity index (χ3v) is 7.82. The van der Waals surface area contributed by atoms with E-state index in [2.05, 4.69) is 15.0 Å². The first kappa shape index (κ1) is 33.2. The highest BCUT2D eigenvalue weighted by Gasteiger charge is 2.40. The summed E-state index contributed by atoms with van der Waals surface area (Å²) in [4.78, 5) is 31.0. The number of hydrogen-bond acceptors (Lipinski definition) is 7. The largest absolute Gasteiger partial charge is 0.473 e. The number of pyridine rings is 1. The van der Waals surface area contributed by atoms with Crippen LogP contribution in [0.25, 0.3) is 0 Å². The minimum absolute atomic E-state index is 0.156. The second-order valence-corrected chi connectivity index (χ2v) is 12.5.